The van der Waals surface area contributed by atoms with Crippen molar-refractivity contribution in [2.45, 2.75) is 75.6 Å². The zero-order valence-corrected chi connectivity index (χ0v) is 11.9. The van der Waals surface area contributed by atoms with Gasteiger partial charge in [0.2, 0.25) is 0 Å². The number of unbranched alkanes of at least 4 members (excludes halogenated alkanes) is 3. The molecule has 1 rings (SSSR count). The van der Waals surface area contributed by atoms with Gasteiger partial charge in [0.15, 0.2) is 0 Å². The van der Waals surface area contributed by atoms with Crippen molar-refractivity contribution >= 4 is 11.8 Å². The van der Waals surface area contributed by atoms with Crippen LogP contribution in [0, 0.1) is 0 Å². The number of rotatable bonds is 9. The smallest absolute Gasteiger partial charge is 0.0630 e. The van der Waals surface area contributed by atoms with Crippen molar-refractivity contribution in [3.63, 3.8) is 0 Å². The Morgan fingerprint density at radius 1 is 1.18 bits per heavy atom. The van der Waals surface area contributed by atoms with E-state index in [0.717, 1.165) is 23.8 Å². The van der Waals surface area contributed by atoms with Crippen LogP contribution in [0.2, 0.25) is 0 Å². The fraction of sp³-hybridized carbons (Fsp3) is 0.867. The molecule has 0 aromatic carbocycles. The second-order valence-electron chi connectivity index (χ2n) is 5.17. The van der Waals surface area contributed by atoms with Crippen LogP contribution >= 0.6 is 11.8 Å². The van der Waals surface area contributed by atoms with Crippen molar-refractivity contribution in [2.75, 3.05) is 5.75 Å². The van der Waals surface area contributed by atoms with Crippen LogP contribution in [-0.2, 0) is 0 Å². The van der Waals surface area contributed by atoms with Gasteiger partial charge in [0.25, 0.3) is 0 Å². The molecule has 1 saturated carbocycles. The number of aliphatic hydroxyl groups is 1. The first-order chi connectivity index (χ1) is 8.33. The fourth-order valence-corrected chi connectivity index (χ4v) is 3.74. The third-order valence-corrected chi connectivity index (χ3v) is 5.04. The van der Waals surface area contributed by atoms with Crippen LogP contribution in [0.5, 0.6) is 0 Å². The zero-order valence-electron chi connectivity index (χ0n) is 11.1. The first-order valence-electron chi connectivity index (χ1n) is 7.23. The van der Waals surface area contributed by atoms with E-state index in [0.29, 0.717) is 0 Å². The third kappa shape index (κ3) is 7.88. The average Bonchev–Trinajstić information content (AvgIpc) is 2.37. The van der Waals surface area contributed by atoms with Crippen molar-refractivity contribution < 1.29 is 5.11 Å². The molecule has 1 fully saturated rings. The van der Waals surface area contributed by atoms with Gasteiger partial charge in [-0.3, -0.25) is 0 Å². The summed E-state index contributed by atoms with van der Waals surface area (Å²) in [5.41, 5.74) is 0. The highest BCUT2D eigenvalue weighted by Gasteiger charge is 2.15. The van der Waals surface area contributed by atoms with Crippen molar-refractivity contribution in [1.82, 2.24) is 0 Å². The summed E-state index contributed by atoms with van der Waals surface area (Å²) in [6.45, 7) is 3.72. The van der Waals surface area contributed by atoms with Crippen molar-refractivity contribution in [2.24, 2.45) is 0 Å². The molecule has 0 saturated heterocycles. The third-order valence-electron chi connectivity index (χ3n) is 3.52. The topological polar surface area (TPSA) is 20.2 Å². The molecule has 1 nitrogen and oxygen atoms in total. The Morgan fingerprint density at radius 2 is 1.94 bits per heavy atom. The van der Waals surface area contributed by atoms with E-state index < -0.39 is 0 Å². The molecule has 0 aliphatic heterocycles. The molecule has 0 spiro atoms. The van der Waals surface area contributed by atoms with E-state index >= 15 is 0 Å². The monoisotopic (exact) mass is 256 g/mol. The zero-order chi connectivity index (χ0) is 12.3. The molecular weight excluding hydrogens is 228 g/mol. The maximum absolute atomic E-state index is 9.90. The van der Waals surface area contributed by atoms with Gasteiger partial charge in [-0.15, -0.1) is 6.58 Å². The van der Waals surface area contributed by atoms with Crippen LogP contribution in [0.4, 0.5) is 0 Å². The summed E-state index contributed by atoms with van der Waals surface area (Å²) in [5, 5.41) is 10.7. The molecule has 1 unspecified atom stereocenters. The van der Waals surface area contributed by atoms with Gasteiger partial charge in [-0.05, 0) is 32.1 Å². The Labute approximate surface area is 111 Å². The molecule has 0 amide bonds. The number of hydrogen-bond donors (Lipinski definition) is 1. The van der Waals surface area contributed by atoms with Gasteiger partial charge >= 0.3 is 0 Å². The predicted molar refractivity (Wildman–Crippen MR) is 78.6 cm³/mol. The summed E-state index contributed by atoms with van der Waals surface area (Å²) in [4.78, 5) is 0. The summed E-state index contributed by atoms with van der Waals surface area (Å²) in [6.07, 6.45) is 14.6. The van der Waals surface area contributed by atoms with Gasteiger partial charge in [0.1, 0.15) is 0 Å². The Morgan fingerprint density at radius 3 is 2.65 bits per heavy atom. The van der Waals surface area contributed by atoms with Gasteiger partial charge in [-0.2, -0.15) is 11.8 Å². The van der Waals surface area contributed by atoms with Gasteiger partial charge in [0, 0.05) is 11.0 Å². The summed E-state index contributed by atoms with van der Waals surface area (Å²) < 4.78 is 0. The molecular formula is C15H28OS. The molecule has 0 bridgehead atoms. The molecule has 17 heavy (non-hydrogen) atoms. The minimum atomic E-state index is -0.0781. The molecule has 0 aromatic rings. The van der Waals surface area contributed by atoms with Gasteiger partial charge < -0.3 is 5.11 Å². The van der Waals surface area contributed by atoms with E-state index in [1.54, 1.807) is 0 Å². The molecule has 0 radical (unpaired) electrons. The van der Waals surface area contributed by atoms with E-state index in [-0.39, 0.29) is 6.10 Å². The maximum atomic E-state index is 9.90. The minimum Gasteiger partial charge on any atom is -0.392 e. The number of aliphatic hydroxyl groups excluding tert-OH is 1. The second-order valence-corrected chi connectivity index (χ2v) is 6.51. The van der Waals surface area contributed by atoms with Crippen LogP contribution in [0.3, 0.4) is 0 Å². The van der Waals surface area contributed by atoms with Gasteiger partial charge in [0.05, 0.1) is 6.10 Å². The normalized spacial score (nSPS) is 19.1. The Kier molecular flexibility index (Phi) is 8.90. The molecule has 0 aromatic heterocycles. The SMILES string of the molecule is C=CCCCCCC(O)CSC1CCCCC1. The van der Waals surface area contributed by atoms with E-state index in [4.69, 9.17) is 0 Å². The lowest BCUT2D eigenvalue weighted by Gasteiger charge is -2.22. The van der Waals surface area contributed by atoms with Crippen LogP contribution < -0.4 is 0 Å². The second kappa shape index (κ2) is 10.0. The van der Waals surface area contributed by atoms with Gasteiger partial charge in [-0.1, -0.05) is 38.2 Å². The average molecular weight is 256 g/mol. The first kappa shape index (κ1) is 15.1. The standard InChI is InChI=1S/C15H28OS/c1-2-3-4-5-7-10-14(16)13-17-15-11-8-6-9-12-15/h2,14-16H,1,3-13H2. The highest BCUT2D eigenvalue weighted by atomic mass is 32.2. The van der Waals surface area contributed by atoms with E-state index in [1.807, 2.05) is 17.8 Å². The number of thioether (sulfide) groups is 1. The molecule has 2 heteroatoms. The lowest BCUT2D eigenvalue weighted by atomic mass is 10.0. The van der Waals surface area contributed by atoms with E-state index in [1.165, 1.54) is 51.4 Å². The Balaban J connectivity index is 1.92. The lowest BCUT2D eigenvalue weighted by molar-refractivity contribution is 0.184. The van der Waals surface area contributed by atoms with Crippen LogP contribution in [0.25, 0.3) is 0 Å². The Bertz CT molecular complexity index is 187. The number of allylic oxidation sites excluding steroid dienone is 1. The quantitative estimate of drug-likeness (QED) is 0.482. The molecule has 1 aliphatic carbocycles. The van der Waals surface area contributed by atoms with Crippen molar-refractivity contribution in [1.29, 1.82) is 0 Å². The summed E-state index contributed by atoms with van der Waals surface area (Å²) in [7, 11) is 0. The van der Waals surface area contributed by atoms with Gasteiger partial charge in [-0.25, -0.2) is 0 Å². The van der Waals surface area contributed by atoms with E-state index in [9.17, 15) is 5.11 Å². The van der Waals surface area contributed by atoms with Crippen molar-refractivity contribution in [3.05, 3.63) is 12.7 Å². The summed E-state index contributed by atoms with van der Waals surface area (Å²) >= 11 is 2.01. The molecule has 1 N–H and O–H groups in total. The fourth-order valence-electron chi connectivity index (χ4n) is 2.41. The van der Waals surface area contributed by atoms with Crippen LogP contribution in [0.15, 0.2) is 12.7 Å². The predicted octanol–water partition coefficient (Wildman–Crippen LogP) is 4.55. The molecule has 1 atom stereocenters. The molecule has 100 valence electrons. The Hall–Kier alpha value is 0.0500. The molecule has 0 heterocycles. The molecule has 1 aliphatic rings. The highest BCUT2D eigenvalue weighted by molar-refractivity contribution is 7.99. The highest BCUT2D eigenvalue weighted by Crippen LogP contribution is 2.29. The summed E-state index contributed by atoms with van der Waals surface area (Å²) in [6, 6.07) is 0. The first-order valence-corrected chi connectivity index (χ1v) is 8.28. The van der Waals surface area contributed by atoms with Crippen molar-refractivity contribution in [3.8, 4) is 0 Å². The minimum absolute atomic E-state index is 0.0781. The van der Waals surface area contributed by atoms with E-state index in [2.05, 4.69) is 6.58 Å². The summed E-state index contributed by atoms with van der Waals surface area (Å²) in [5.74, 6) is 0.951. The largest absolute Gasteiger partial charge is 0.392 e. The maximum Gasteiger partial charge on any atom is 0.0630 e. The number of hydrogen-bond acceptors (Lipinski definition) is 2. The van der Waals surface area contributed by atoms with Crippen LogP contribution in [0.1, 0.15) is 64.2 Å². The van der Waals surface area contributed by atoms with Crippen LogP contribution in [-0.4, -0.2) is 22.2 Å². The lowest BCUT2D eigenvalue weighted by Crippen LogP contribution is -2.15.